The summed E-state index contributed by atoms with van der Waals surface area (Å²) in [5, 5.41) is 25.7. The molecule has 5 atom stereocenters. The molecule has 1 aliphatic rings. The van der Waals surface area contributed by atoms with Crippen LogP contribution in [0.15, 0.2) is 121 Å². The quantitative estimate of drug-likeness (QED) is 0.127. The highest BCUT2D eigenvalue weighted by atomic mass is 28.4. The normalized spacial score (nSPS) is 22.9. The lowest BCUT2D eigenvalue weighted by molar-refractivity contribution is -0.351. The Morgan fingerprint density at radius 3 is 1.61 bits per heavy atom. The number of aliphatic hydroxyl groups excluding tert-OH is 1. The van der Waals surface area contributed by atoms with E-state index in [-0.39, 0.29) is 24.9 Å². The minimum atomic E-state index is -3.03. The second kappa shape index (κ2) is 17.2. The maximum atomic E-state index is 12.7. The molecular weight excluding hydrogens is 673 g/mol. The maximum absolute atomic E-state index is 12.7. The lowest BCUT2D eigenvalue weighted by Crippen LogP contribution is -2.72. The summed E-state index contributed by atoms with van der Waals surface area (Å²) in [5.41, 5.74) is 0.00687. The van der Waals surface area contributed by atoms with Gasteiger partial charge in [0.1, 0.15) is 23.9 Å². The van der Waals surface area contributed by atoms with Crippen molar-refractivity contribution in [2.24, 2.45) is 0 Å². The van der Waals surface area contributed by atoms with Crippen LogP contribution in [0.2, 0.25) is 30.7 Å². The van der Waals surface area contributed by atoms with Crippen LogP contribution < -0.4 is 10.4 Å². The highest BCUT2D eigenvalue weighted by molar-refractivity contribution is 6.99. The second-order valence-electron chi connectivity index (χ2n) is 15.8. The largest absolute Gasteiger partial charge is 0.405 e. The molecule has 0 aromatic heterocycles. The first kappa shape index (κ1) is 39.2. The second-order valence-corrected chi connectivity index (χ2v) is 25.7. The number of ether oxygens (including phenoxy) is 4. The first-order chi connectivity index (χ1) is 24.4. The van der Waals surface area contributed by atoms with Crippen molar-refractivity contribution in [3.8, 4) is 0 Å². The fourth-order valence-corrected chi connectivity index (χ4v) is 12.1. The van der Waals surface area contributed by atoms with E-state index in [1.54, 1.807) is 0 Å². The van der Waals surface area contributed by atoms with Gasteiger partial charge in [0.25, 0.3) is 8.32 Å². The number of benzene rings is 4. The molecule has 0 saturated carbocycles. The molecule has 0 spiro atoms. The van der Waals surface area contributed by atoms with Gasteiger partial charge in [-0.1, -0.05) is 162 Å². The molecule has 2 N–H and O–H groups in total. The molecule has 0 unspecified atom stereocenters. The smallest absolute Gasteiger partial charge is 0.261 e. The predicted octanol–water partition coefficient (Wildman–Crippen LogP) is 6.54. The molecule has 0 bridgehead atoms. The fraction of sp³-hybridized carbons (Fsp3) is 0.429. The van der Waals surface area contributed by atoms with Crippen LogP contribution in [0.3, 0.4) is 0 Å². The molecule has 1 heterocycles. The summed E-state index contributed by atoms with van der Waals surface area (Å²) < 4.78 is 33.8. The van der Waals surface area contributed by atoms with Gasteiger partial charge in [0, 0.05) is 14.7 Å². The first-order valence-electron chi connectivity index (χ1n) is 18.0. The lowest BCUT2D eigenvalue weighted by Gasteiger charge is -2.51. The van der Waals surface area contributed by atoms with Gasteiger partial charge in [0.2, 0.25) is 0 Å². The Kier molecular flexibility index (Phi) is 13.3. The van der Waals surface area contributed by atoms with Crippen molar-refractivity contribution in [3.63, 3.8) is 0 Å². The number of rotatable bonds is 16. The standard InChI is InChI=1S/C42H56O7Si2/c1-41(2,3)51(35-23-15-9-16-24-35,36-25-17-10-18-26-36)48-31-37-42(44,32-43)39(47-30-34-21-13-8-14-22-34)38(46-29-33-19-11-7-12-20-33)40(49-37)45-27-28-50(4,5)6/h7-26,37-40,43-44H,27-32H2,1-6H3/t37-,38-,39-,40-,42+/m1/s1. The van der Waals surface area contributed by atoms with Gasteiger partial charge in [0.05, 0.1) is 26.4 Å². The van der Waals surface area contributed by atoms with Crippen LogP contribution in [-0.4, -0.2) is 76.6 Å². The molecular formula is C42H56O7Si2. The van der Waals surface area contributed by atoms with Gasteiger partial charge in [-0.2, -0.15) is 0 Å². The Labute approximate surface area is 306 Å². The summed E-state index contributed by atoms with van der Waals surface area (Å²) >= 11 is 0. The molecule has 1 fully saturated rings. The van der Waals surface area contributed by atoms with Crippen molar-refractivity contribution in [2.75, 3.05) is 19.8 Å². The molecule has 0 aliphatic carbocycles. The molecule has 4 aromatic rings. The van der Waals surface area contributed by atoms with Gasteiger partial charge in [-0.05, 0) is 32.6 Å². The highest BCUT2D eigenvalue weighted by Gasteiger charge is 2.59. The molecule has 1 saturated heterocycles. The lowest BCUT2D eigenvalue weighted by atomic mass is 9.84. The van der Waals surface area contributed by atoms with Crippen LogP contribution >= 0.6 is 0 Å². The molecule has 0 radical (unpaired) electrons. The molecule has 9 heteroatoms. The molecule has 51 heavy (non-hydrogen) atoms. The average molecular weight is 729 g/mol. The molecule has 1 aliphatic heterocycles. The zero-order valence-electron chi connectivity index (χ0n) is 31.0. The Hall–Kier alpha value is -2.97. The van der Waals surface area contributed by atoms with E-state index < -0.39 is 53.2 Å². The van der Waals surface area contributed by atoms with E-state index in [4.69, 9.17) is 23.4 Å². The third kappa shape index (κ3) is 9.53. The average Bonchev–Trinajstić information content (AvgIpc) is 3.12. The van der Waals surface area contributed by atoms with Crippen LogP contribution in [0.1, 0.15) is 31.9 Å². The van der Waals surface area contributed by atoms with Gasteiger partial charge in [-0.3, -0.25) is 0 Å². The molecule has 5 rings (SSSR count). The molecule has 0 amide bonds. The minimum absolute atomic E-state index is 0.00514. The van der Waals surface area contributed by atoms with E-state index in [1.165, 1.54) is 0 Å². The van der Waals surface area contributed by atoms with E-state index in [2.05, 4.69) is 64.7 Å². The Morgan fingerprint density at radius 1 is 0.686 bits per heavy atom. The van der Waals surface area contributed by atoms with E-state index in [0.29, 0.717) is 6.61 Å². The summed E-state index contributed by atoms with van der Waals surface area (Å²) in [5.74, 6) is 0. The Balaban J connectivity index is 1.55. The summed E-state index contributed by atoms with van der Waals surface area (Å²) in [4.78, 5) is 0. The summed E-state index contributed by atoms with van der Waals surface area (Å²) in [6, 6.07) is 41.3. The highest BCUT2D eigenvalue weighted by Crippen LogP contribution is 2.40. The minimum Gasteiger partial charge on any atom is -0.405 e. The SMILES string of the molecule is CC(C)(C)[Si](OC[C@H]1O[C@@H](OCC[Si](C)(C)C)[C@H](OCc2ccccc2)[C@@H](OCc2ccccc2)[C@]1(O)CO)(c1ccccc1)c1ccccc1. The fourth-order valence-electron chi connectivity index (χ4n) is 6.85. The van der Waals surface area contributed by atoms with Crippen LogP contribution in [0.25, 0.3) is 0 Å². The molecule has 4 aromatic carbocycles. The summed E-state index contributed by atoms with van der Waals surface area (Å²) in [7, 11) is -4.49. The third-order valence-electron chi connectivity index (χ3n) is 9.73. The number of hydrogen-bond donors (Lipinski definition) is 2. The van der Waals surface area contributed by atoms with Crippen molar-refractivity contribution in [2.45, 2.75) is 94.9 Å². The monoisotopic (exact) mass is 728 g/mol. The Bertz CT molecular complexity index is 1560. The van der Waals surface area contributed by atoms with Gasteiger partial charge in [0.15, 0.2) is 6.29 Å². The van der Waals surface area contributed by atoms with Gasteiger partial charge < -0.3 is 33.6 Å². The summed E-state index contributed by atoms with van der Waals surface area (Å²) in [6.45, 7) is 13.8. The van der Waals surface area contributed by atoms with E-state index in [9.17, 15) is 10.2 Å². The van der Waals surface area contributed by atoms with Gasteiger partial charge in [-0.25, -0.2) is 0 Å². The zero-order valence-corrected chi connectivity index (χ0v) is 33.0. The molecule has 274 valence electrons. The zero-order chi connectivity index (χ0) is 36.5. The number of aliphatic hydroxyl groups is 2. The van der Waals surface area contributed by atoms with Crippen LogP contribution in [0.4, 0.5) is 0 Å². The topological polar surface area (TPSA) is 86.6 Å². The van der Waals surface area contributed by atoms with E-state index >= 15 is 0 Å². The first-order valence-corrected chi connectivity index (χ1v) is 23.7. The van der Waals surface area contributed by atoms with E-state index in [0.717, 1.165) is 27.5 Å². The van der Waals surface area contributed by atoms with Crippen molar-refractivity contribution >= 4 is 26.8 Å². The Morgan fingerprint density at radius 2 is 1.16 bits per heavy atom. The van der Waals surface area contributed by atoms with Crippen LogP contribution in [0.5, 0.6) is 0 Å². The molecule has 7 nitrogen and oxygen atoms in total. The number of hydrogen-bond acceptors (Lipinski definition) is 7. The maximum Gasteiger partial charge on any atom is 0.261 e. The van der Waals surface area contributed by atoms with Crippen molar-refractivity contribution < 1.29 is 33.6 Å². The van der Waals surface area contributed by atoms with Crippen molar-refractivity contribution in [3.05, 3.63) is 132 Å². The van der Waals surface area contributed by atoms with Crippen LogP contribution in [0, 0.1) is 0 Å². The predicted molar refractivity (Wildman–Crippen MR) is 208 cm³/mol. The van der Waals surface area contributed by atoms with E-state index in [1.807, 2.05) is 97.1 Å². The third-order valence-corrected chi connectivity index (χ3v) is 16.4. The van der Waals surface area contributed by atoms with Gasteiger partial charge in [-0.15, -0.1) is 0 Å². The van der Waals surface area contributed by atoms with Crippen LogP contribution in [-0.2, 0) is 36.6 Å². The van der Waals surface area contributed by atoms with Crippen molar-refractivity contribution in [1.82, 2.24) is 0 Å². The summed E-state index contributed by atoms with van der Waals surface area (Å²) in [6.07, 6.45) is -3.74. The van der Waals surface area contributed by atoms with Gasteiger partial charge >= 0.3 is 0 Å². The van der Waals surface area contributed by atoms with Crippen molar-refractivity contribution in [1.29, 1.82) is 0 Å².